The van der Waals surface area contributed by atoms with Crippen molar-refractivity contribution in [2.75, 3.05) is 19.6 Å². The molecule has 2 N–H and O–H groups in total. The van der Waals surface area contributed by atoms with E-state index in [0.717, 1.165) is 38.1 Å². The van der Waals surface area contributed by atoms with Gasteiger partial charge in [-0.2, -0.15) is 0 Å². The molecule has 0 aromatic heterocycles. The number of hydrogen-bond donors (Lipinski definition) is 2. The molecule has 0 bridgehead atoms. The van der Waals surface area contributed by atoms with Crippen molar-refractivity contribution in [2.24, 2.45) is 11.8 Å². The molecule has 0 spiro atoms. The predicted molar refractivity (Wildman–Crippen MR) is 85.4 cm³/mol. The van der Waals surface area contributed by atoms with E-state index in [0.29, 0.717) is 19.1 Å². The Morgan fingerprint density at radius 1 is 0.864 bits per heavy atom. The first-order valence-corrected chi connectivity index (χ1v) is 9.08. The van der Waals surface area contributed by atoms with Gasteiger partial charge in [0, 0.05) is 31.6 Å². The fourth-order valence-electron chi connectivity index (χ4n) is 4.15. The molecule has 1 atom stereocenters. The molecule has 1 aliphatic heterocycles. The Labute approximate surface area is 133 Å². The fourth-order valence-corrected chi connectivity index (χ4v) is 4.15. The van der Waals surface area contributed by atoms with Crippen LogP contribution in [-0.4, -0.2) is 42.5 Å². The van der Waals surface area contributed by atoms with E-state index in [1.165, 1.54) is 32.1 Å². The maximum absolute atomic E-state index is 12.3. The van der Waals surface area contributed by atoms with Crippen LogP contribution in [0.25, 0.3) is 0 Å². The molecule has 2 saturated carbocycles. The smallest absolute Gasteiger partial charge is 0.317 e. The van der Waals surface area contributed by atoms with Gasteiger partial charge in [-0.15, -0.1) is 0 Å². The van der Waals surface area contributed by atoms with Crippen LogP contribution in [0.1, 0.15) is 57.8 Å². The van der Waals surface area contributed by atoms with Gasteiger partial charge in [-0.25, -0.2) is 4.79 Å². The highest BCUT2D eigenvalue weighted by Gasteiger charge is 2.37. The molecule has 1 heterocycles. The topological polar surface area (TPSA) is 61.4 Å². The van der Waals surface area contributed by atoms with E-state index in [9.17, 15) is 9.59 Å². The summed E-state index contributed by atoms with van der Waals surface area (Å²) in [6, 6.07) is 0.520. The SMILES string of the molecule is O=C(NCCNC(=O)N1CCC[C@H]1C1CCC1)C1CCCC1. The van der Waals surface area contributed by atoms with Crippen molar-refractivity contribution in [3.8, 4) is 0 Å². The minimum Gasteiger partial charge on any atom is -0.354 e. The number of urea groups is 1. The third kappa shape index (κ3) is 3.55. The number of nitrogens with one attached hydrogen (secondary N) is 2. The zero-order valence-corrected chi connectivity index (χ0v) is 13.5. The highest BCUT2D eigenvalue weighted by atomic mass is 16.2. The Kier molecular flexibility index (Phi) is 5.21. The summed E-state index contributed by atoms with van der Waals surface area (Å²) < 4.78 is 0. The van der Waals surface area contributed by atoms with E-state index in [4.69, 9.17) is 0 Å². The lowest BCUT2D eigenvalue weighted by Crippen LogP contribution is -2.48. The maximum Gasteiger partial charge on any atom is 0.317 e. The van der Waals surface area contributed by atoms with Gasteiger partial charge in [0.1, 0.15) is 0 Å². The molecule has 3 amide bonds. The first kappa shape index (κ1) is 15.6. The van der Waals surface area contributed by atoms with Gasteiger partial charge in [-0.1, -0.05) is 19.3 Å². The fraction of sp³-hybridized carbons (Fsp3) is 0.882. The first-order chi connectivity index (χ1) is 10.8. The lowest BCUT2D eigenvalue weighted by Gasteiger charge is -2.36. The molecule has 0 aromatic carbocycles. The number of likely N-dealkylation sites (tertiary alicyclic amines) is 1. The van der Waals surface area contributed by atoms with E-state index in [-0.39, 0.29) is 17.9 Å². The molecule has 0 radical (unpaired) electrons. The van der Waals surface area contributed by atoms with Crippen LogP contribution in [0.3, 0.4) is 0 Å². The van der Waals surface area contributed by atoms with Crippen molar-refractivity contribution in [3.63, 3.8) is 0 Å². The lowest BCUT2D eigenvalue weighted by molar-refractivity contribution is -0.124. The largest absolute Gasteiger partial charge is 0.354 e. The molecule has 0 unspecified atom stereocenters. The van der Waals surface area contributed by atoms with Gasteiger partial charge in [-0.05, 0) is 44.4 Å². The third-order valence-corrected chi connectivity index (χ3v) is 5.68. The Morgan fingerprint density at radius 3 is 2.27 bits per heavy atom. The van der Waals surface area contributed by atoms with Crippen molar-refractivity contribution in [3.05, 3.63) is 0 Å². The highest BCUT2D eigenvalue weighted by Crippen LogP contribution is 2.37. The van der Waals surface area contributed by atoms with Gasteiger partial charge < -0.3 is 15.5 Å². The summed E-state index contributed by atoms with van der Waals surface area (Å²) in [6.07, 6.45) is 10.6. The zero-order valence-electron chi connectivity index (χ0n) is 13.5. The van der Waals surface area contributed by atoms with Crippen LogP contribution in [-0.2, 0) is 4.79 Å². The number of amides is 3. The van der Waals surface area contributed by atoms with Crippen molar-refractivity contribution < 1.29 is 9.59 Å². The van der Waals surface area contributed by atoms with Crippen LogP contribution in [0.15, 0.2) is 0 Å². The predicted octanol–water partition coefficient (Wildman–Crippen LogP) is 2.27. The van der Waals surface area contributed by atoms with E-state index < -0.39 is 0 Å². The third-order valence-electron chi connectivity index (χ3n) is 5.68. The molecule has 3 fully saturated rings. The number of carbonyl (C=O) groups excluding carboxylic acids is 2. The van der Waals surface area contributed by atoms with Gasteiger partial charge in [0.05, 0.1) is 0 Å². The molecule has 22 heavy (non-hydrogen) atoms. The van der Waals surface area contributed by atoms with Crippen molar-refractivity contribution in [2.45, 2.75) is 63.8 Å². The second-order valence-electron chi connectivity index (χ2n) is 7.10. The molecule has 3 aliphatic rings. The molecule has 5 nitrogen and oxygen atoms in total. The molecular weight excluding hydrogens is 278 g/mol. The molecule has 5 heteroatoms. The molecule has 1 saturated heterocycles. The van der Waals surface area contributed by atoms with Gasteiger partial charge >= 0.3 is 6.03 Å². The Hall–Kier alpha value is -1.26. The Balaban J connectivity index is 1.34. The summed E-state index contributed by atoms with van der Waals surface area (Å²) in [7, 11) is 0. The standard InChI is InChI=1S/C17H29N3O2/c21-16(14-5-1-2-6-14)18-10-11-19-17(22)20-12-4-9-15(20)13-7-3-8-13/h13-15H,1-12H2,(H,18,21)(H,19,22)/t15-/m0/s1. The number of carbonyl (C=O) groups is 2. The van der Waals surface area contributed by atoms with Crippen molar-refractivity contribution >= 4 is 11.9 Å². The Morgan fingerprint density at radius 2 is 1.59 bits per heavy atom. The summed E-state index contributed by atoms with van der Waals surface area (Å²) in [6.45, 7) is 1.97. The minimum absolute atomic E-state index is 0.0597. The van der Waals surface area contributed by atoms with E-state index in [1.807, 2.05) is 4.90 Å². The highest BCUT2D eigenvalue weighted by molar-refractivity contribution is 5.79. The van der Waals surface area contributed by atoms with Crippen molar-refractivity contribution in [1.82, 2.24) is 15.5 Å². The molecule has 0 aromatic rings. The normalized spacial score (nSPS) is 26.0. The summed E-state index contributed by atoms with van der Waals surface area (Å²) in [5.41, 5.74) is 0. The quantitative estimate of drug-likeness (QED) is 0.765. The van der Waals surface area contributed by atoms with Crippen LogP contribution >= 0.6 is 0 Å². The van der Waals surface area contributed by atoms with Crippen LogP contribution in [0.2, 0.25) is 0 Å². The summed E-state index contributed by atoms with van der Waals surface area (Å²) in [5, 5.41) is 5.93. The second-order valence-corrected chi connectivity index (χ2v) is 7.10. The van der Waals surface area contributed by atoms with Crippen molar-refractivity contribution in [1.29, 1.82) is 0 Å². The van der Waals surface area contributed by atoms with Gasteiger partial charge in [0.15, 0.2) is 0 Å². The minimum atomic E-state index is 0.0597. The average molecular weight is 307 g/mol. The molecule has 124 valence electrons. The summed E-state index contributed by atoms with van der Waals surface area (Å²) in [5.74, 6) is 1.10. The van der Waals surface area contributed by atoms with Gasteiger partial charge in [0.25, 0.3) is 0 Å². The summed E-state index contributed by atoms with van der Waals surface area (Å²) in [4.78, 5) is 26.2. The number of hydrogen-bond acceptors (Lipinski definition) is 2. The molecular formula is C17H29N3O2. The van der Waals surface area contributed by atoms with E-state index >= 15 is 0 Å². The Bertz CT molecular complexity index is 403. The van der Waals surface area contributed by atoms with Crippen LogP contribution < -0.4 is 10.6 Å². The van der Waals surface area contributed by atoms with E-state index in [2.05, 4.69) is 10.6 Å². The van der Waals surface area contributed by atoms with Crippen LogP contribution in [0, 0.1) is 11.8 Å². The number of nitrogens with zero attached hydrogens (tertiary/aromatic N) is 1. The summed E-state index contributed by atoms with van der Waals surface area (Å²) >= 11 is 0. The monoisotopic (exact) mass is 307 g/mol. The van der Waals surface area contributed by atoms with Gasteiger partial charge in [0.2, 0.25) is 5.91 Å². The zero-order chi connectivity index (χ0) is 15.4. The molecule has 2 aliphatic carbocycles. The average Bonchev–Trinajstić information content (AvgIpc) is 3.12. The van der Waals surface area contributed by atoms with Crippen LogP contribution in [0.5, 0.6) is 0 Å². The van der Waals surface area contributed by atoms with E-state index in [1.54, 1.807) is 0 Å². The van der Waals surface area contributed by atoms with Crippen LogP contribution in [0.4, 0.5) is 4.79 Å². The maximum atomic E-state index is 12.3. The lowest BCUT2D eigenvalue weighted by atomic mass is 9.79. The first-order valence-electron chi connectivity index (χ1n) is 9.08. The van der Waals surface area contributed by atoms with Gasteiger partial charge in [-0.3, -0.25) is 4.79 Å². The second kappa shape index (κ2) is 7.34. The number of rotatable bonds is 5. The molecule has 3 rings (SSSR count).